The lowest BCUT2D eigenvalue weighted by Crippen LogP contribution is -2.12. The summed E-state index contributed by atoms with van der Waals surface area (Å²) in [4.78, 5) is 0. The Morgan fingerprint density at radius 3 is 2.79 bits per heavy atom. The fourth-order valence-corrected chi connectivity index (χ4v) is 2.70. The van der Waals surface area contributed by atoms with Crippen molar-refractivity contribution in [1.29, 1.82) is 0 Å². The third-order valence-corrected chi connectivity index (χ3v) is 3.55. The molecule has 0 radical (unpaired) electrons. The Morgan fingerprint density at radius 2 is 1.89 bits per heavy atom. The number of aryl methyl sites for hydroxylation is 1. The van der Waals surface area contributed by atoms with E-state index in [4.69, 9.17) is 4.74 Å². The molecule has 1 aliphatic rings. The fourth-order valence-electron chi connectivity index (χ4n) is 2.70. The Balaban J connectivity index is 2.12. The molecule has 0 aromatic heterocycles. The molecular weight excluding hydrogens is 234 g/mol. The summed E-state index contributed by atoms with van der Waals surface area (Å²) >= 11 is 0. The van der Waals surface area contributed by atoms with E-state index in [1.807, 2.05) is 19.1 Å². The molecule has 0 atom stereocenters. The Hall–Kier alpha value is -1.96. The van der Waals surface area contributed by atoms with E-state index in [-0.39, 0.29) is 0 Å². The molecule has 0 spiro atoms. The lowest BCUT2D eigenvalue weighted by atomic mass is 9.95. The van der Waals surface area contributed by atoms with Crippen LogP contribution in [-0.4, -0.2) is 13.2 Å². The Kier molecular flexibility index (Phi) is 3.41. The van der Waals surface area contributed by atoms with Crippen molar-refractivity contribution in [2.24, 2.45) is 0 Å². The van der Waals surface area contributed by atoms with Gasteiger partial charge >= 0.3 is 0 Å². The number of rotatable bonds is 3. The minimum atomic E-state index is 0.694. The average molecular weight is 253 g/mol. The average Bonchev–Trinajstić information content (AvgIpc) is 2.48. The third-order valence-electron chi connectivity index (χ3n) is 3.55. The third kappa shape index (κ3) is 2.30. The highest BCUT2D eigenvalue weighted by molar-refractivity contribution is 5.84. The number of ether oxygens (including phenoxy) is 1. The van der Waals surface area contributed by atoms with Crippen molar-refractivity contribution in [2.45, 2.75) is 19.8 Å². The van der Waals surface area contributed by atoms with Gasteiger partial charge in [-0.15, -0.1) is 0 Å². The first-order valence-corrected chi connectivity index (χ1v) is 6.98. The lowest BCUT2D eigenvalue weighted by molar-refractivity contribution is 0.341. The predicted molar refractivity (Wildman–Crippen MR) is 79.9 cm³/mol. The second kappa shape index (κ2) is 5.35. The van der Waals surface area contributed by atoms with Crippen LogP contribution in [0, 0.1) is 0 Å². The maximum Gasteiger partial charge on any atom is 0.127 e. The summed E-state index contributed by atoms with van der Waals surface area (Å²) in [7, 11) is 0. The van der Waals surface area contributed by atoms with E-state index in [1.165, 1.54) is 28.8 Å². The van der Waals surface area contributed by atoms with Crippen LogP contribution in [0.3, 0.4) is 0 Å². The van der Waals surface area contributed by atoms with Crippen LogP contribution in [0.15, 0.2) is 42.5 Å². The summed E-state index contributed by atoms with van der Waals surface area (Å²) < 4.78 is 5.75. The van der Waals surface area contributed by atoms with E-state index in [9.17, 15) is 0 Å². The van der Waals surface area contributed by atoms with Gasteiger partial charge in [-0.3, -0.25) is 0 Å². The van der Waals surface area contributed by atoms with Crippen LogP contribution >= 0.6 is 0 Å². The molecule has 0 amide bonds. The summed E-state index contributed by atoms with van der Waals surface area (Å²) in [5.41, 5.74) is 5.12. The molecule has 1 aliphatic heterocycles. The minimum absolute atomic E-state index is 0.694. The van der Waals surface area contributed by atoms with E-state index >= 15 is 0 Å². The summed E-state index contributed by atoms with van der Waals surface area (Å²) in [6, 6.07) is 14.8. The standard InChI is InChI=1S/C17H19NO/c1-2-19-16-11-4-3-9-14(16)15-10-5-7-13-8-6-12-18-17(13)15/h3-5,7,9-11,18H,2,6,8,12H2,1H3. The number of para-hydroxylation sites is 2. The SMILES string of the molecule is CCOc1ccccc1-c1cccc2c1NCCC2. The van der Waals surface area contributed by atoms with E-state index in [1.54, 1.807) is 0 Å². The van der Waals surface area contributed by atoms with Crippen molar-refractivity contribution in [1.82, 2.24) is 0 Å². The normalized spacial score (nSPS) is 13.5. The Bertz CT molecular complexity index is 577. The summed E-state index contributed by atoms with van der Waals surface area (Å²) in [5.74, 6) is 0.964. The summed E-state index contributed by atoms with van der Waals surface area (Å²) in [6.45, 7) is 3.77. The number of anilines is 1. The quantitative estimate of drug-likeness (QED) is 0.888. The van der Waals surface area contributed by atoms with Gasteiger partial charge in [0, 0.05) is 23.4 Å². The maximum atomic E-state index is 5.75. The van der Waals surface area contributed by atoms with Gasteiger partial charge in [0.05, 0.1) is 6.61 Å². The Labute approximate surface area is 114 Å². The monoisotopic (exact) mass is 253 g/mol. The summed E-state index contributed by atoms with van der Waals surface area (Å²) in [5, 5.41) is 3.54. The van der Waals surface area contributed by atoms with Crippen molar-refractivity contribution < 1.29 is 4.74 Å². The van der Waals surface area contributed by atoms with Crippen molar-refractivity contribution in [3.05, 3.63) is 48.0 Å². The zero-order valence-corrected chi connectivity index (χ0v) is 11.3. The van der Waals surface area contributed by atoms with Crippen LogP contribution in [0.4, 0.5) is 5.69 Å². The number of hydrogen-bond acceptors (Lipinski definition) is 2. The van der Waals surface area contributed by atoms with E-state index < -0.39 is 0 Å². The number of nitrogens with one attached hydrogen (secondary N) is 1. The smallest absolute Gasteiger partial charge is 0.127 e. The molecule has 2 aromatic carbocycles. The molecule has 1 heterocycles. The molecule has 2 aromatic rings. The maximum absolute atomic E-state index is 5.75. The summed E-state index contributed by atoms with van der Waals surface area (Å²) in [6.07, 6.45) is 2.37. The van der Waals surface area contributed by atoms with Crippen LogP contribution in [0.2, 0.25) is 0 Å². The van der Waals surface area contributed by atoms with Gasteiger partial charge in [-0.2, -0.15) is 0 Å². The largest absolute Gasteiger partial charge is 0.493 e. The lowest BCUT2D eigenvalue weighted by Gasteiger charge is -2.22. The molecule has 98 valence electrons. The fraction of sp³-hybridized carbons (Fsp3) is 0.294. The van der Waals surface area contributed by atoms with Crippen LogP contribution in [0.1, 0.15) is 18.9 Å². The second-order valence-corrected chi connectivity index (χ2v) is 4.80. The highest BCUT2D eigenvalue weighted by Crippen LogP contribution is 2.38. The van der Waals surface area contributed by atoms with Crippen LogP contribution in [0.5, 0.6) is 5.75 Å². The van der Waals surface area contributed by atoms with Crippen molar-refractivity contribution in [2.75, 3.05) is 18.5 Å². The van der Waals surface area contributed by atoms with Crippen LogP contribution in [0.25, 0.3) is 11.1 Å². The van der Waals surface area contributed by atoms with Gasteiger partial charge < -0.3 is 10.1 Å². The molecule has 2 nitrogen and oxygen atoms in total. The number of hydrogen-bond donors (Lipinski definition) is 1. The molecule has 0 saturated carbocycles. The molecule has 0 unspecified atom stereocenters. The van der Waals surface area contributed by atoms with Crippen molar-refractivity contribution >= 4 is 5.69 Å². The minimum Gasteiger partial charge on any atom is -0.493 e. The molecule has 0 bridgehead atoms. The molecular formula is C17H19NO. The van der Waals surface area contributed by atoms with Gasteiger partial charge in [-0.25, -0.2) is 0 Å². The molecule has 1 N–H and O–H groups in total. The predicted octanol–water partition coefficient (Wildman–Crippen LogP) is 4.11. The second-order valence-electron chi connectivity index (χ2n) is 4.80. The van der Waals surface area contributed by atoms with Crippen LogP contribution in [-0.2, 0) is 6.42 Å². The molecule has 0 fully saturated rings. The van der Waals surface area contributed by atoms with Crippen LogP contribution < -0.4 is 10.1 Å². The zero-order valence-electron chi connectivity index (χ0n) is 11.3. The van der Waals surface area contributed by atoms with E-state index in [0.29, 0.717) is 6.61 Å². The van der Waals surface area contributed by atoms with E-state index in [0.717, 1.165) is 18.7 Å². The zero-order chi connectivity index (χ0) is 13.1. The number of fused-ring (bicyclic) bond motifs is 1. The molecule has 3 rings (SSSR count). The van der Waals surface area contributed by atoms with Crippen molar-refractivity contribution in [3.63, 3.8) is 0 Å². The van der Waals surface area contributed by atoms with Gasteiger partial charge in [0.2, 0.25) is 0 Å². The molecule has 0 aliphatic carbocycles. The van der Waals surface area contributed by atoms with E-state index in [2.05, 4.69) is 35.6 Å². The van der Waals surface area contributed by atoms with Gasteiger partial charge in [0.15, 0.2) is 0 Å². The van der Waals surface area contributed by atoms with Gasteiger partial charge in [-0.05, 0) is 31.4 Å². The number of benzene rings is 2. The highest BCUT2D eigenvalue weighted by Gasteiger charge is 2.15. The first-order chi connectivity index (χ1) is 9.40. The topological polar surface area (TPSA) is 21.3 Å². The van der Waals surface area contributed by atoms with Gasteiger partial charge in [0.25, 0.3) is 0 Å². The highest BCUT2D eigenvalue weighted by atomic mass is 16.5. The Morgan fingerprint density at radius 1 is 1.05 bits per heavy atom. The first kappa shape index (κ1) is 12.1. The first-order valence-electron chi connectivity index (χ1n) is 6.98. The van der Waals surface area contributed by atoms with Crippen molar-refractivity contribution in [3.8, 4) is 16.9 Å². The molecule has 0 saturated heterocycles. The van der Waals surface area contributed by atoms with Gasteiger partial charge in [-0.1, -0.05) is 36.4 Å². The van der Waals surface area contributed by atoms with Gasteiger partial charge in [0.1, 0.15) is 5.75 Å². The molecule has 19 heavy (non-hydrogen) atoms. The molecule has 2 heteroatoms.